The Balaban J connectivity index is 4.20. The molecule has 0 rings (SSSR count). The summed E-state index contributed by atoms with van der Waals surface area (Å²) in [5, 5.41) is 9.29. The van der Waals surface area contributed by atoms with Gasteiger partial charge in [-0.25, -0.2) is 4.79 Å². The number of hydrogen-bond donors (Lipinski definition) is 1. The lowest BCUT2D eigenvalue weighted by molar-refractivity contribution is -0.144. The number of allylic oxidation sites excluding steroid dienone is 1. The van der Waals surface area contributed by atoms with E-state index in [0.29, 0.717) is 12.3 Å². The van der Waals surface area contributed by atoms with E-state index in [1.54, 1.807) is 0 Å². The minimum atomic E-state index is -0.941. The molecule has 94 valence electrons. The van der Waals surface area contributed by atoms with Gasteiger partial charge in [-0.2, -0.15) is 0 Å². The van der Waals surface area contributed by atoms with Crippen LogP contribution in [-0.2, 0) is 9.53 Å². The molecule has 0 heterocycles. The number of ether oxygens (including phenoxy) is 1. The van der Waals surface area contributed by atoms with E-state index in [1.807, 2.05) is 13.0 Å². The SMILES string of the molecule is C/C=C(\Cl)CC(C[C@H](C)CI)OCC(=O)O. The van der Waals surface area contributed by atoms with E-state index in [-0.39, 0.29) is 12.7 Å². The summed E-state index contributed by atoms with van der Waals surface area (Å²) in [5.41, 5.74) is 0. The van der Waals surface area contributed by atoms with Crippen molar-refractivity contribution in [3.05, 3.63) is 11.1 Å². The van der Waals surface area contributed by atoms with Gasteiger partial charge in [-0.05, 0) is 19.3 Å². The van der Waals surface area contributed by atoms with E-state index >= 15 is 0 Å². The van der Waals surface area contributed by atoms with Gasteiger partial charge in [-0.1, -0.05) is 47.2 Å². The van der Waals surface area contributed by atoms with Crippen molar-refractivity contribution in [2.75, 3.05) is 11.0 Å². The zero-order chi connectivity index (χ0) is 12.6. The Kier molecular flexibility index (Phi) is 9.35. The maximum Gasteiger partial charge on any atom is 0.329 e. The van der Waals surface area contributed by atoms with Gasteiger partial charge < -0.3 is 9.84 Å². The summed E-state index contributed by atoms with van der Waals surface area (Å²) in [6, 6.07) is 0. The predicted molar refractivity (Wildman–Crippen MR) is 74.3 cm³/mol. The highest BCUT2D eigenvalue weighted by Gasteiger charge is 2.15. The van der Waals surface area contributed by atoms with Crippen LogP contribution in [0, 0.1) is 5.92 Å². The molecule has 1 unspecified atom stereocenters. The maximum absolute atomic E-state index is 10.4. The molecular weight excluding hydrogens is 342 g/mol. The van der Waals surface area contributed by atoms with Crippen molar-refractivity contribution in [2.45, 2.75) is 32.8 Å². The van der Waals surface area contributed by atoms with Gasteiger partial charge in [0.25, 0.3) is 0 Å². The van der Waals surface area contributed by atoms with Gasteiger partial charge >= 0.3 is 5.97 Å². The highest BCUT2D eigenvalue weighted by molar-refractivity contribution is 14.1. The largest absolute Gasteiger partial charge is 0.480 e. The van der Waals surface area contributed by atoms with Gasteiger partial charge in [-0.3, -0.25) is 0 Å². The Labute approximate surface area is 115 Å². The number of halogens is 2. The zero-order valence-electron chi connectivity index (χ0n) is 9.58. The van der Waals surface area contributed by atoms with Crippen LogP contribution in [0.1, 0.15) is 26.7 Å². The molecule has 0 bridgehead atoms. The van der Waals surface area contributed by atoms with Crippen molar-refractivity contribution in [1.29, 1.82) is 0 Å². The second kappa shape index (κ2) is 9.24. The molecular formula is C11H18ClIO3. The molecule has 0 spiro atoms. The molecule has 0 saturated carbocycles. The van der Waals surface area contributed by atoms with Crippen molar-refractivity contribution in [3.63, 3.8) is 0 Å². The Hall–Kier alpha value is 0.190. The van der Waals surface area contributed by atoms with E-state index in [0.717, 1.165) is 15.9 Å². The fourth-order valence-electron chi connectivity index (χ4n) is 1.25. The number of aliphatic carboxylic acids is 1. The van der Waals surface area contributed by atoms with Crippen LogP contribution in [-0.4, -0.2) is 28.2 Å². The lowest BCUT2D eigenvalue weighted by Crippen LogP contribution is -2.21. The number of carbonyl (C=O) groups is 1. The summed E-state index contributed by atoms with van der Waals surface area (Å²) in [4.78, 5) is 10.4. The van der Waals surface area contributed by atoms with E-state index in [1.165, 1.54) is 0 Å². The van der Waals surface area contributed by atoms with Crippen LogP contribution in [0.5, 0.6) is 0 Å². The summed E-state index contributed by atoms with van der Waals surface area (Å²) < 4.78 is 6.35. The molecule has 16 heavy (non-hydrogen) atoms. The van der Waals surface area contributed by atoms with Gasteiger partial charge in [0.05, 0.1) is 6.10 Å². The lowest BCUT2D eigenvalue weighted by Gasteiger charge is -2.19. The van der Waals surface area contributed by atoms with Gasteiger partial charge in [-0.15, -0.1) is 0 Å². The molecule has 0 aliphatic heterocycles. The third-order valence-electron chi connectivity index (χ3n) is 2.11. The summed E-state index contributed by atoms with van der Waals surface area (Å²) in [7, 11) is 0. The van der Waals surface area contributed by atoms with E-state index in [9.17, 15) is 4.79 Å². The number of alkyl halides is 1. The van der Waals surface area contributed by atoms with Crippen LogP contribution < -0.4 is 0 Å². The molecule has 0 radical (unpaired) electrons. The van der Waals surface area contributed by atoms with E-state index < -0.39 is 5.97 Å². The van der Waals surface area contributed by atoms with Gasteiger partial charge in [0.2, 0.25) is 0 Å². The van der Waals surface area contributed by atoms with E-state index in [2.05, 4.69) is 29.5 Å². The van der Waals surface area contributed by atoms with Gasteiger partial charge in [0, 0.05) is 15.9 Å². The first-order valence-corrected chi connectivity index (χ1v) is 7.10. The first kappa shape index (κ1) is 16.2. The highest BCUT2D eigenvalue weighted by Crippen LogP contribution is 2.20. The van der Waals surface area contributed by atoms with Crippen molar-refractivity contribution in [1.82, 2.24) is 0 Å². The summed E-state index contributed by atoms with van der Waals surface area (Å²) in [6.07, 6.45) is 3.13. The second-order valence-corrected chi connectivity index (χ2v) is 5.13. The standard InChI is InChI=1S/C11H18ClIO3/c1-3-9(12)5-10(4-8(2)6-13)16-7-11(14)15/h3,8,10H,4-7H2,1-2H3,(H,14,15)/b9-3-/t8-,10?/m0/s1. The normalized spacial score (nSPS) is 15.9. The van der Waals surface area contributed by atoms with Crippen LogP contribution in [0.3, 0.4) is 0 Å². The molecule has 2 atom stereocenters. The summed E-state index contributed by atoms with van der Waals surface area (Å²) in [6.45, 7) is 3.72. The molecule has 0 aliphatic carbocycles. The van der Waals surface area contributed by atoms with Crippen molar-refractivity contribution < 1.29 is 14.6 Å². The third-order valence-corrected chi connectivity index (χ3v) is 3.98. The summed E-state index contributed by atoms with van der Waals surface area (Å²) >= 11 is 8.25. The summed E-state index contributed by atoms with van der Waals surface area (Å²) in [5.74, 6) is -0.440. The number of hydrogen-bond acceptors (Lipinski definition) is 2. The Bertz CT molecular complexity index is 243. The first-order chi connectivity index (χ1) is 7.49. The maximum atomic E-state index is 10.4. The van der Waals surface area contributed by atoms with Gasteiger partial charge in [0.1, 0.15) is 6.61 Å². The highest BCUT2D eigenvalue weighted by atomic mass is 127. The topological polar surface area (TPSA) is 46.5 Å². The van der Waals surface area contributed by atoms with E-state index in [4.69, 9.17) is 21.4 Å². The van der Waals surface area contributed by atoms with Crippen molar-refractivity contribution in [2.24, 2.45) is 5.92 Å². The van der Waals surface area contributed by atoms with Crippen LogP contribution >= 0.6 is 34.2 Å². The van der Waals surface area contributed by atoms with Gasteiger partial charge in [0.15, 0.2) is 0 Å². The fourth-order valence-corrected chi connectivity index (χ4v) is 1.78. The Morgan fingerprint density at radius 2 is 2.25 bits per heavy atom. The average Bonchev–Trinajstić information content (AvgIpc) is 2.25. The van der Waals surface area contributed by atoms with Crippen molar-refractivity contribution in [3.8, 4) is 0 Å². The fraction of sp³-hybridized carbons (Fsp3) is 0.727. The first-order valence-electron chi connectivity index (χ1n) is 5.19. The molecule has 0 amide bonds. The quantitative estimate of drug-likeness (QED) is 0.533. The molecule has 0 aromatic carbocycles. The number of carboxylic acids is 1. The predicted octanol–water partition coefficient (Wildman–Crippen LogP) is 3.45. The molecule has 0 aromatic heterocycles. The van der Waals surface area contributed by atoms with Crippen LogP contribution in [0.15, 0.2) is 11.1 Å². The van der Waals surface area contributed by atoms with Crippen LogP contribution in [0.4, 0.5) is 0 Å². The number of rotatable bonds is 8. The molecule has 1 N–H and O–H groups in total. The Morgan fingerprint density at radius 3 is 2.69 bits per heavy atom. The average molecular weight is 361 g/mol. The van der Waals surface area contributed by atoms with Crippen molar-refractivity contribution >= 4 is 40.2 Å². The third kappa shape index (κ3) is 8.35. The Morgan fingerprint density at radius 1 is 1.62 bits per heavy atom. The molecule has 5 heteroatoms. The molecule has 0 saturated heterocycles. The zero-order valence-corrected chi connectivity index (χ0v) is 12.5. The molecule has 0 fully saturated rings. The second-order valence-electron chi connectivity index (χ2n) is 3.76. The van der Waals surface area contributed by atoms with Crippen LogP contribution in [0.25, 0.3) is 0 Å². The number of carboxylic acid groups (broad SMARTS) is 1. The smallest absolute Gasteiger partial charge is 0.329 e. The molecule has 0 aromatic rings. The minimum absolute atomic E-state index is 0.107. The molecule has 3 nitrogen and oxygen atoms in total. The molecule has 0 aliphatic rings. The minimum Gasteiger partial charge on any atom is -0.480 e. The van der Waals surface area contributed by atoms with Crippen LogP contribution in [0.2, 0.25) is 0 Å². The lowest BCUT2D eigenvalue weighted by atomic mass is 10.0. The monoisotopic (exact) mass is 360 g/mol.